The summed E-state index contributed by atoms with van der Waals surface area (Å²) in [6, 6.07) is 21.7. The lowest BCUT2D eigenvalue weighted by Crippen LogP contribution is -2.47. The molecule has 2 atom stereocenters. The van der Waals surface area contributed by atoms with Crippen LogP contribution >= 0.6 is 0 Å². The number of para-hydroxylation sites is 2. The molecule has 0 fully saturated rings. The van der Waals surface area contributed by atoms with E-state index in [4.69, 9.17) is 5.10 Å². The molecule has 160 valence electrons. The van der Waals surface area contributed by atoms with Crippen molar-refractivity contribution in [3.63, 3.8) is 0 Å². The number of anilines is 1. The zero-order valence-corrected chi connectivity index (χ0v) is 18.1. The predicted octanol–water partition coefficient (Wildman–Crippen LogP) is 5.30. The average Bonchev–Trinajstić information content (AvgIpc) is 3.30. The van der Waals surface area contributed by atoms with Gasteiger partial charge < -0.3 is 10.2 Å². The smallest absolute Gasteiger partial charge is 0.258 e. The third-order valence-electron chi connectivity index (χ3n) is 6.02. The molecule has 1 amide bonds. The van der Waals surface area contributed by atoms with E-state index in [1.54, 1.807) is 6.20 Å². The first-order valence-corrected chi connectivity index (χ1v) is 10.9. The highest BCUT2D eigenvalue weighted by molar-refractivity contribution is 6.02. The van der Waals surface area contributed by atoms with Crippen LogP contribution < -0.4 is 5.32 Å². The number of nitrogens with one attached hydrogen (secondary N) is 1. The maximum Gasteiger partial charge on any atom is 0.258 e. The van der Waals surface area contributed by atoms with Crippen LogP contribution in [0.15, 0.2) is 85.3 Å². The van der Waals surface area contributed by atoms with E-state index in [0.29, 0.717) is 5.56 Å². The number of fused-ring (bicyclic) bond motifs is 1. The fourth-order valence-electron chi connectivity index (χ4n) is 4.18. The van der Waals surface area contributed by atoms with E-state index in [1.807, 2.05) is 88.7 Å². The van der Waals surface area contributed by atoms with Gasteiger partial charge in [0.2, 0.25) is 0 Å². The molecule has 1 aliphatic heterocycles. The van der Waals surface area contributed by atoms with Crippen LogP contribution in [0.3, 0.4) is 0 Å². The minimum atomic E-state index is -0.347. The van der Waals surface area contributed by atoms with Crippen molar-refractivity contribution in [3.05, 3.63) is 96.4 Å². The highest BCUT2D eigenvalue weighted by Gasteiger charge is 2.37. The molecule has 1 aliphatic rings. The Labute approximate surface area is 187 Å². The Bertz CT molecular complexity index is 1240. The van der Waals surface area contributed by atoms with Gasteiger partial charge in [0.25, 0.3) is 5.91 Å². The normalized spacial score (nSPS) is 16.4. The van der Waals surface area contributed by atoms with Gasteiger partial charge in [0.1, 0.15) is 11.9 Å². The summed E-state index contributed by atoms with van der Waals surface area (Å²) >= 11 is 0. The number of pyridine rings is 1. The Balaban J connectivity index is 1.70. The Kier molecular flexibility index (Phi) is 5.19. The minimum absolute atomic E-state index is 0.0308. The molecule has 0 bridgehead atoms. The van der Waals surface area contributed by atoms with Gasteiger partial charge in [0, 0.05) is 41.4 Å². The Morgan fingerprint density at radius 2 is 1.81 bits per heavy atom. The topological polar surface area (TPSA) is 63.1 Å². The number of hydrogen-bond acceptors (Lipinski definition) is 4. The van der Waals surface area contributed by atoms with Crippen molar-refractivity contribution >= 4 is 11.6 Å². The molecule has 6 nitrogen and oxygen atoms in total. The quantitative estimate of drug-likeness (QED) is 0.473. The monoisotopic (exact) mass is 423 g/mol. The number of carbonyl (C=O) groups excluding carboxylic acids is 1. The first-order valence-electron chi connectivity index (χ1n) is 10.9. The van der Waals surface area contributed by atoms with Crippen molar-refractivity contribution < 1.29 is 4.79 Å². The lowest BCUT2D eigenvalue weighted by molar-refractivity contribution is 0.0594. The Hall–Kier alpha value is -3.93. The molecule has 3 heterocycles. The molecule has 4 aromatic rings. The van der Waals surface area contributed by atoms with E-state index in [0.717, 1.165) is 34.6 Å². The van der Waals surface area contributed by atoms with E-state index < -0.39 is 0 Å². The Morgan fingerprint density at radius 3 is 2.56 bits per heavy atom. The lowest BCUT2D eigenvalue weighted by atomic mass is 9.99. The molecular weight excluding hydrogens is 398 g/mol. The van der Waals surface area contributed by atoms with E-state index in [2.05, 4.69) is 24.1 Å². The van der Waals surface area contributed by atoms with Gasteiger partial charge >= 0.3 is 0 Å². The van der Waals surface area contributed by atoms with E-state index in [1.165, 1.54) is 0 Å². The summed E-state index contributed by atoms with van der Waals surface area (Å²) in [6.07, 6.45) is 6.09. The molecule has 0 spiro atoms. The van der Waals surface area contributed by atoms with Crippen molar-refractivity contribution in [2.45, 2.75) is 32.5 Å². The van der Waals surface area contributed by atoms with Crippen molar-refractivity contribution in [1.82, 2.24) is 19.7 Å². The molecule has 2 aromatic carbocycles. The molecule has 1 N–H and O–H groups in total. The van der Waals surface area contributed by atoms with Gasteiger partial charge in [0.15, 0.2) is 0 Å². The van der Waals surface area contributed by atoms with Gasteiger partial charge in [-0.2, -0.15) is 5.10 Å². The fraction of sp³-hybridized carbons (Fsp3) is 0.192. The van der Waals surface area contributed by atoms with Crippen molar-refractivity contribution in [2.24, 2.45) is 0 Å². The van der Waals surface area contributed by atoms with Gasteiger partial charge in [-0.05, 0) is 49.7 Å². The summed E-state index contributed by atoms with van der Waals surface area (Å²) in [5, 5.41) is 8.54. The van der Waals surface area contributed by atoms with Crippen LogP contribution in [-0.2, 0) is 0 Å². The minimum Gasteiger partial charge on any atom is -0.361 e. The summed E-state index contributed by atoms with van der Waals surface area (Å²) in [5.74, 6) is 0.0308. The third-order valence-corrected chi connectivity index (χ3v) is 6.02. The fourth-order valence-corrected chi connectivity index (χ4v) is 4.18. The van der Waals surface area contributed by atoms with Gasteiger partial charge in [0.05, 0.1) is 11.3 Å². The molecule has 0 aliphatic carbocycles. The lowest BCUT2D eigenvalue weighted by Gasteiger charge is -2.41. The zero-order valence-electron chi connectivity index (χ0n) is 18.1. The first-order chi connectivity index (χ1) is 15.7. The number of hydrogen-bond donors (Lipinski definition) is 1. The Morgan fingerprint density at radius 1 is 1.03 bits per heavy atom. The standard InChI is InChI=1S/C26H25N5O/c1-3-18(2)31-25(28-23-14-8-7-13-21(23)26(31)32)22-17-30(20-11-5-4-6-12-20)29-24(22)19-10-9-15-27-16-19/h4-18,25,28H,3H2,1-2H3/t18-,25+/m1/s1. The second-order valence-electron chi connectivity index (χ2n) is 8.02. The highest BCUT2D eigenvalue weighted by Crippen LogP contribution is 2.38. The van der Waals surface area contributed by atoms with Crippen LogP contribution in [0.4, 0.5) is 5.69 Å². The number of aromatic nitrogens is 3. The largest absolute Gasteiger partial charge is 0.361 e. The average molecular weight is 424 g/mol. The molecule has 32 heavy (non-hydrogen) atoms. The van der Waals surface area contributed by atoms with E-state index >= 15 is 0 Å². The third kappa shape index (κ3) is 3.43. The second kappa shape index (κ2) is 8.30. The van der Waals surface area contributed by atoms with Crippen molar-refractivity contribution in [2.75, 3.05) is 5.32 Å². The second-order valence-corrected chi connectivity index (χ2v) is 8.02. The molecule has 6 heteroatoms. The van der Waals surface area contributed by atoms with E-state index in [9.17, 15) is 4.79 Å². The summed E-state index contributed by atoms with van der Waals surface area (Å²) in [4.78, 5) is 19.8. The number of carbonyl (C=O) groups is 1. The van der Waals surface area contributed by atoms with Crippen LogP contribution in [0, 0.1) is 0 Å². The van der Waals surface area contributed by atoms with Crippen LogP contribution in [0.1, 0.15) is 42.4 Å². The number of amides is 1. The van der Waals surface area contributed by atoms with Crippen LogP contribution in [0.2, 0.25) is 0 Å². The van der Waals surface area contributed by atoms with Crippen LogP contribution in [0.5, 0.6) is 0 Å². The van der Waals surface area contributed by atoms with Gasteiger partial charge in [-0.1, -0.05) is 37.3 Å². The van der Waals surface area contributed by atoms with E-state index in [-0.39, 0.29) is 18.1 Å². The molecule has 2 aromatic heterocycles. The number of rotatable bonds is 5. The predicted molar refractivity (Wildman–Crippen MR) is 126 cm³/mol. The molecule has 0 radical (unpaired) electrons. The maximum atomic E-state index is 13.6. The van der Waals surface area contributed by atoms with Gasteiger partial charge in [-0.25, -0.2) is 4.68 Å². The van der Waals surface area contributed by atoms with Gasteiger partial charge in [-0.15, -0.1) is 0 Å². The van der Waals surface area contributed by atoms with Crippen LogP contribution in [-0.4, -0.2) is 31.6 Å². The first kappa shape index (κ1) is 20.0. The maximum absolute atomic E-state index is 13.6. The number of benzene rings is 2. The van der Waals surface area contributed by atoms with Gasteiger partial charge in [-0.3, -0.25) is 9.78 Å². The molecular formula is C26H25N5O. The van der Waals surface area contributed by atoms with Crippen molar-refractivity contribution in [3.8, 4) is 16.9 Å². The summed E-state index contributed by atoms with van der Waals surface area (Å²) in [6.45, 7) is 4.19. The SMILES string of the molecule is CC[C@@H](C)N1C(=O)c2ccccc2N[C@@H]1c1cn(-c2ccccc2)nc1-c1cccnc1. The summed E-state index contributed by atoms with van der Waals surface area (Å²) < 4.78 is 1.87. The summed E-state index contributed by atoms with van der Waals surface area (Å²) in [7, 11) is 0. The van der Waals surface area contributed by atoms with Crippen LogP contribution in [0.25, 0.3) is 16.9 Å². The molecule has 0 saturated heterocycles. The molecule has 5 rings (SSSR count). The zero-order chi connectivity index (χ0) is 22.1. The highest BCUT2D eigenvalue weighted by atomic mass is 16.2. The molecule has 0 unspecified atom stereocenters. The van der Waals surface area contributed by atoms with Crippen molar-refractivity contribution in [1.29, 1.82) is 0 Å². The number of nitrogens with zero attached hydrogens (tertiary/aromatic N) is 4. The summed E-state index contributed by atoms with van der Waals surface area (Å²) in [5.41, 5.74) is 5.15. The molecule has 0 saturated carbocycles.